The molecule has 0 spiro atoms. The predicted molar refractivity (Wildman–Crippen MR) is 110 cm³/mol. The van der Waals surface area contributed by atoms with Gasteiger partial charge in [-0.2, -0.15) is 0 Å². The average Bonchev–Trinajstić information content (AvgIpc) is 3.04. The fraction of sp³-hybridized carbons (Fsp3) is 0.227. The number of rotatable bonds is 3. The van der Waals surface area contributed by atoms with E-state index in [1.165, 1.54) is 23.5 Å². The Morgan fingerprint density at radius 1 is 1.21 bits per heavy atom. The lowest BCUT2D eigenvalue weighted by molar-refractivity contribution is 0.0620. The fourth-order valence-corrected chi connectivity index (χ4v) is 4.21. The van der Waals surface area contributed by atoms with Gasteiger partial charge in [-0.05, 0) is 63.2 Å². The predicted octanol–water partition coefficient (Wildman–Crippen LogP) is 5.25. The SMILES string of the molecule is Cc1nc(-c2ccc(F)cc2)sc1C(=O)Nc1ccc2c(c1)C(=O)CC(C)(C)O2. The summed E-state index contributed by atoms with van der Waals surface area (Å²) in [5.74, 6) is -0.121. The second kappa shape index (κ2) is 7.08. The normalized spacial score (nSPS) is 14.8. The number of nitrogens with zero attached hydrogens (tertiary/aromatic N) is 1. The molecule has 1 aromatic heterocycles. The van der Waals surface area contributed by atoms with Gasteiger partial charge in [-0.1, -0.05) is 0 Å². The van der Waals surface area contributed by atoms with Crippen LogP contribution in [0.5, 0.6) is 5.75 Å². The summed E-state index contributed by atoms with van der Waals surface area (Å²) in [4.78, 5) is 30.1. The first-order chi connectivity index (χ1) is 13.7. The molecule has 0 saturated heterocycles. The number of ether oxygens (including phenoxy) is 1. The second-order valence-corrected chi connectivity index (χ2v) is 8.57. The summed E-state index contributed by atoms with van der Waals surface area (Å²) >= 11 is 1.24. The summed E-state index contributed by atoms with van der Waals surface area (Å²) in [6.07, 6.45) is 0.284. The van der Waals surface area contributed by atoms with Crippen LogP contribution in [0.4, 0.5) is 10.1 Å². The van der Waals surface area contributed by atoms with Crippen molar-refractivity contribution in [1.29, 1.82) is 0 Å². The van der Waals surface area contributed by atoms with Gasteiger partial charge in [-0.3, -0.25) is 9.59 Å². The molecule has 7 heteroatoms. The number of fused-ring (bicyclic) bond motifs is 1. The summed E-state index contributed by atoms with van der Waals surface area (Å²) in [6, 6.07) is 11.0. The maximum atomic E-state index is 13.1. The van der Waals surface area contributed by atoms with Crippen LogP contribution in [-0.2, 0) is 0 Å². The molecule has 2 aromatic carbocycles. The number of benzene rings is 2. The van der Waals surface area contributed by atoms with Crippen molar-refractivity contribution in [1.82, 2.24) is 4.98 Å². The fourth-order valence-electron chi connectivity index (χ4n) is 3.24. The topological polar surface area (TPSA) is 68.3 Å². The molecule has 5 nitrogen and oxygen atoms in total. The molecule has 1 aliphatic heterocycles. The van der Waals surface area contributed by atoms with Crippen molar-refractivity contribution in [3.05, 3.63) is 64.4 Å². The van der Waals surface area contributed by atoms with E-state index in [0.29, 0.717) is 32.6 Å². The molecule has 0 saturated carbocycles. The highest BCUT2D eigenvalue weighted by atomic mass is 32.1. The van der Waals surface area contributed by atoms with Crippen molar-refractivity contribution in [2.45, 2.75) is 32.8 Å². The van der Waals surface area contributed by atoms with Crippen LogP contribution in [0.3, 0.4) is 0 Å². The van der Waals surface area contributed by atoms with E-state index >= 15 is 0 Å². The van der Waals surface area contributed by atoms with Gasteiger partial charge in [0.1, 0.15) is 27.1 Å². The Hall–Kier alpha value is -3.06. The van der Waals surface area contributed by atoms with Gasteiger partial charge >= 0.3 is 0 Å². The minimum atomic E-state index is -0.536. The van der Waals surface area contributed by atoms with Gasteiger partial charge in [0.15, 0.2) is 5.78 Å². The van der Waals surface area contributed by atoms with Crippen LogP contribution in [-0.4, -0.2) is 22.3 Å². The second-order valence-electron chi connectivity index (χ2n) is 7.57. The number of hydrogen-bond donors (Lipinski definition) is 1. The molecule has 0 bridgehead atoms. The summed E-state index contributed by atoms with van der Waals surface area (Å²) in [5, 5.41) is 3.47. The number of carbonyl (C=O) groups excluding carboxylic acids is 2. The van der Waals surface area contributed by atoms with Crippen LogP contribution >= 0.6 is 11.3 Å². The lowest BCUT2D eigenvalue weighted by Crippen LogP contribution is -2.35. The number of carbonyl (C=O) groups is 2. The third kappa shape index (κ3) is 3.91. The van der Waals surface area contributed by atoms with Crippen molar-refractivity contribution in [2.24, 2.45) is 0 Å². The van der Waals surface area contributed by atoms with E-state index in [-0.39, 0.29) is 23.9 Å². The van der Waals surface area contributed by atoms with Gasteiger partial charge in [-0.15, -0.1) is 11.3 Å². The van der Waals surface area contributed by atoms with E-state index in [1.54, 1.807) is 37.3 Å². The van der Waals surface area contributed by atoms with Crippen molar-refractivity contribution in [3.63, 3.8) is 0 Å². The molecule has 0 unspecified atom stereocenters. The van der Waals surface area contributed by atoms with Gasteiger partial charge < -0.3 is 10.1 Å². The number of Topliss-reactive ketones (excluding diaryl/α,β-unsaturated/α-hetero) is 1. The largest absolute Gasteiger partial charge is 0.487 e. The zero-order valence-electron chi connectivity index (χ0n) is 16.2. The maximum Gasteiger partial charge on any atom is 0.267 e. The molecule has 29 heavy (non-hydrogen) atoms. The maximum absolute atomic E-state index is 13.1. The number of nitrogens with one attached hydrogen (secondary N) is 1. The zero-order valence-corrected chi connectivity index (χ0v) is 17.0. The van der Waals surface area contributed by atoms with Crippen LogP contribution in [0, 0.1) is 12.7 Å². The van der Waals surface area contributed by atoms with Crippen LogP contribution in [0.25, 0.3) is 10.6 Å². The average molecular weight is 410 g/mol. The summed E-state index contributed by atoms with van der Waals surface area (Å²) in [5.41, 5.74) is 1.78. The summed E-state index contributed by atoms with van der Waals surface area (Å²) in [7, 11) is 0. The highest BCUT2D eigenvalue weighted by molar-refractivity contribution is 7.17. The van der Waals surface area contributed by atoms with Crippen LogP contribution in [0.15, 0.2) is 42.5 Å². The summed E-state index contributed by atoms with van der Waals surface area (Å²) in [6.45, 7) is 5.49. The van der Waals surface area contributed by atoms with Gasteiger partial charge in [-0.25, -0.2) is 9.37 Å². The molecular formula is C22H19FN2O3S. The molecular weight excluding hydrogens is 391 g/mol. The molecule has 2 heterocycles. The number of hydrogen-bond acceptors (Lipinski definition) is 5. The van der Waals surface area contributed by atoms with Crippen LogP contribution in [0.1, 0.15) is 46.0 Å². The van der Waals surface area contributed by atoms with Crippen LogP contribution in [0.2, 0.25) is 0 Å². The van der Waals surface area contributed by atoms with Crippen molar-refractivity contribution >= 4 is 28.7 Å². The first-order valence-electron chi connectivity index (χ1n) is 9.13. The quantitative estimate of drug-likeness (QED) is 0.640. The first-order valence-corrected chi connectivity index (χ1v) is 9.94. The highest BCUT2D eigenvalue weighted by Crippen LogP contribution is 2.35. The number of thiazole rings is 1. The molecule has 0 radical (unpaired) electrons. The zero-order chi connectivity index (χ0) is 20.8. The van der Waals surface area contributed by atoms with Gasteiger partial charge in [0, 0.05) is 11.3 Å². The Bertz CT molecular complexity index is 1120. The monoisotopic (exact) mass is 410 g/mol. The van der Waals surface area contributed by atoms with Crippen molar-refractivity contribution < 1.29 is 18.7 Å². The standard InChI is InChI=1S/C22H19FN2O3S/c1-12-19(29-21(24-12)13-4-6-14(23)7-5-13)20(27)25-15-8-9-18-16(10-15)17(26)11-22(2,3)28-18/h4-10H,11H2,1-3H3,(H,25,27). The lowest BCUT2D eigenvalue weighted by atomic mass is 9.93. The Morgan fingerprint density at radius 3 is 2.66 bits per heavy atom. The van der Waals surface area contributed by atoms with E-state index in [1.807, 2.05) is 13.8 Å². The number of halogens is 1. The van der Waals surface area contributed by atoms with Gasteiger partial charge in [0.2, 0.25) is 0 Å². The van der Waals surface area contributed by atoms with E-state index in [4.69, 9.17) is 4.74 Å². The molecule has 4 rings (SSSR count). The molecule has 1 amide bonds. The van der Waals surface area contributed by atoms with E-state index < -0.39 is 5.60 Å². The number of aryl methyl sites for hydroxylation is 1. The molecule has 3 aromatic rings. The van der Waals surface area contributed by atoms with E-state index in [2.05, 4.69) is 10.3 Å². The molecule has 148 valence electrons. The molecule has 1 N–H and O–H groups in total. The van der Waals surface area contributed by atoms with Gasteiger partial charge in [0.25, 0.3) is 5.91 Å². The molecule has 0 aliphatic carbocycles. The Kier molecular flexibility index (Phi) is 4.70. The van der Waals surface area contributed by atoms with Crippen LogP contribution < -0.4 is 10.1 Å². The van der Waals surface area contributed by atoms with Gasteiger partial charge in [0.05, 0.1) is 17.7 Å². The number of anilines is 1. The Morgan fingerprint density at radius 2 is 1.93 bits per heavy atom. The van der Waals surface area contributed by atoms with Crippen molar-refractivity contribution in [2.75, 3.05) is 5.32 Å². The highest BCUT2D eigenvalue weighted by Gasteiger charge is 2.32. The van der Waals surface area contributed by atoms with Crippen molar-refractivity contribution in [3.8, 4) is 16.3 Å². The number of ketones is 1. The minimum absolute atomic E-state index is 0.0140. The minimum Gasteiger partial charge on any atom is -0.487 e. The Balaban J connectivity index is 1.57. The summed E-state index contributed by atoms with van der Waals surface area (Å²) < 4.78 is 19.0. The first kappa shape index (κ1) is 19.3. The Labute approximate surface area is 171 Å². The molecule has 0 atom stereocenters. The smallest absolute Gasteiger partial charge is 0.267 e. The number of aromatic nitrogens is 1. The lowest BCUT2D eigenvalue weighted by Gasteiger charge is -2.31. The number of amides is 1. The molecule has 0 fully saturated rings. The third-order valence-corrected chi connectivity index (χ3v) is 5.81. The van der Waals surface area contributed by atoms with E-state index in [9.17, 15) is 14.0 Å². The molecule has 1 aliphatic rings. The third-order valence-electron chi connectivity index (χ3n) is 4.60. The van der Waals surface area contributed by atoms with E-state index in [0.717, 1.165) is 5.56 Å².